The molecule has 1 aromatic carbocycles. The predicted octanol–water partition coefficient (Wildman–Crippen LogP) is 3.66. The average Bonchev–Trinajstić information content (AvgIpc) is 2.86. The summed E-state index contributed by atoms with van der Waals surface area (Å²) >= 11 is 7.08. The van der Waals surface area contributed by atoms with E-state index in [4.69, 9.17) is 21.1 Å². The highest BCUT2D eigenvalue weighted by Gasteiger charge is 2.22. The van der Waals surface area contributed by atoms with E-state index >= 15 is 0 Å². The molecule has 0 fully saturated rings. The fourth-order valence-electron chi connectivity index (χ4n) is 1.64. The zero-order chi connectivity index (χ0) is 14.5. The normalized spacial score (nSPS) is 11.9. The van der Waals surface area contributed by atoms with E-state index in [9.17, 15) is 9.90 Å². The van der Waals surface area contributed by atoms with Gasteiger partial charge in [0.25, 0.3) is 0 Å². The Hall–Kier alpha value is -1.72. The Balaban J connectivity index is 2.03. The lowest BCUT2D eigenvalue weighted by Crippen LogP contribution is -2.18. The molecule has 106 valence electrons. The maximum absolute atomic E-state index is 11.3. The van der Waals surface area contributed by atoms with E-state index in [0.717, 1.165) is 5.75 Å². The molecule has 6 heteroatoms. The SMILES string of the molecule is COc1ccc(OCC(C(=O)O)c2ccc(Cl)s2)cc1. The second-order valence-corrected chi connectivity index (χ2v) is 5.77. The standard InChI is InChI=1S/C14H13ClO4S/c1-18-9-2-4-10(5-3-9)19-8-11(14(16)17)12-6-7-13(15)20-12/h2-7,11H,8H2,1H3,(H,16,17). The van der Waals surface area contributed by atoms with Gasteiger partial charge in [-0.1, -0.05) is 11.6 Å². The number of carboxylic acid groups (broad SMARTS) is 1. The summed E-state index contributed by atoms with van der Waals surface area (Å²) in [6.45, 7) is 0.0541. The zero-order valence-corrected chi connectivity index (χ0v) is 12.3. The number of methoxy groups -OCH3 is 1. The number of halogens is 1. The third-order valence-electron chi connectivity index (χ3n) is 2.71. The van der Waals surface area contributed by atoms with Crippen LogP contribution in [-0.2, 0) is 4.79 Å². The van der Waals surface area contributed by atoms with Gasteiger partial charge in [-0.3, -0.25) is 4.79 Å². The van der Waals surface area contributed by atoms with E-state index in [1.165, 1.54) is 11.3 Å². The van der Waals surface area contributed by atoms with Gasteiger partial charge in [-0.25, -0.2) is 0 Å². The van der Waals surface area contributed by atoms with E-state index in [1.54, 1.807) is 43.5 Å². The van der Waals surface area contributed by atoms with Crippen molar-refractivity contribution in [2.45, 2.75) is 5.92 Å². The number of carbonyl (C=O) groups is 1. The number of aliphatic carboxylic acids is 1. The van der Waals surface area contributed by atoms with Crippen molar-refractivity contribution in [3.8, 4) is 11.5 Å². The van der Waals surface area contributed by atoms with Crippen molar-refractivity contribution < 1.29 is 19.4 Å². The molecule has 0 saturated heterocycles. The monoisotopic (exact) mass is 312 g/mol. The lowest BCUT2D eigenvalue weighted by Gasteiger charge is -2.12. The van der Waals surface area contributed by atoms with Gasteiger partial charge in [-0.05, 0) is 36.4 Å². The Morgan fingerprint density at radius 1 is 1.25 bits per heavy atom. The predicted molar refractivity (Wildman–Crippen MR) is 78.2 cm³/mol. The van der Waals surface area contributed by atoms with Crippen LogP contribution in [0.25, 0.3) is 0 Å². The van der Waals surface area contributed by atoms with Gasteiger partial charge in [0.05, 0.1) is 11.4 Å². The lowest BCUT2D eigenvalue weighted by molar-refractivity contribution is -0.139. The largest absolute Gasteiger partial charge is 0.497 e. The third-order valence-corrected chi connectivity index (χ3v) is 4.06. The van der Waals surface area contributed by atoms with Crippen LogP contribution in [0.3, 0.4) is 0 Å². The molecule has 0 spiro atoms. The molecular weight excluding hydrogens is 300 g/mol. The fourth-order valence-corrected chi connectivity index (χ4v) is 2.78. The number of rotatable bonds is 6. The van der Waals surface area contributed by atoms with Gasteiger partial charge >= 0.3 is 5.97 Å². The van der Waals surface area contributed by atoms with Gasteiger partial charge < -0.3 is 14.6 Å². The van der Waals surface area contributed by atoms with E-state index in [-0.39, 0.29) is 6.61 Å². The first-order valence-corrected chi connectivity index (χ1v) is 7.04. The first kappa shape index (κ1) is 14.7. The van der Waals surface area contributed by atoms with Crippen LogP contribution in [0.2, 0.25) is 4.34 Å². The molecular formula is C14H13ClO4S. The van der Waals surface area contributed by atoms with Gasteiger partial charge in [0, 0.05) is 4.88 Å². The van der Waals surface area contributed by atoms with Gasteiger partial charge in [0.1, 0.15) is 24.0 Å². The molecule has 0 bridgehead atoms. The van der Waals surface area contributed by atoms with E-state index in [1.807, 2.05) is 0 Å². The minimum atomic E-state index is -0.933. The molecule has 2 rings (SSSR count). The molecule has 0 aliphatic carbocycles. The Morgan fingerprint density at radius 2 is 1.90 bits per heavy atom. The van der Waals surface area contributed by atoms with Crippen LogP contribution in [-0.4, -0.2) is 24.8 Å². The summed E-state index contributed by atoms with van der Waals surface area (Å²) in [5, 5.41) is 9.26. The molecule has 1 atom stereocenters. The smallest absolute Gasteiger partial charge is 0.315 e. The fraction of sp³-hybridized carbons (Fsp3) is 0.214. The summed E-state index contributed by atoms with van der Waals surface area (Å²) in [5.41, 5.74) is 0. The topological polar surface area (TPSA) is 55.8 Å². The van der Waals surface area contributed by atoms with Crippen molar-refractivity contribution in [2.75, 3.05) is 13.7 Å². The number of thiophene rings is 1. The van der Waals surface area contributed by atoms with E-state index in [2.05, 4.69) is 0 Å². The summed E-state index contributed by atoms with van der Waals surface area (Å²) in [6, 6.07) is 10.4. The van der Waals surface area contributed by atoms with Gasteiger partial charge in [0.2, 0.25) is 0 Å². The number of hydrogen-bond acceptors (Lipinski definition) is 4. The van der Waals surface area contributed by atoms with Crippen molar-refractivity contribution in [1.82, 2.24) is 0 Å². The molecule has 2 aromatic rings. The Labute approximate surface area is 125 Å². The first-order chi connectivity index (χ1) is 9.60. The molecule has 0 aliphatic rings. The van der Waals surface area contributed by atoms with E-state index < -0.39 is 11.9 Å². The van der Waals surface area contributed by atoms with Gasteiger partial charge in [-0.2, -0.15) is 0 Å². The molecule has 0 radical (unpaired) electrons. The molecule has 0 amide bonds. The van der Waals surface area contributed by atoms with Crippen molar-refractivity contribution in [1.29, 1.82) is 0 Å². The summed E-state index contributed by atoms with van der Waals surface area (Å²) in [7, 11) is 1.58. The third kappa shape index (κ3) is 3.65. The minimum Gasteiger partial charge on any atom is -0.497 e. The number of ether oxygens (including phenoxy) is 2. The summed E-state index contributed by atoms with van der Waals surface area (Å²) < 4.78 is 11.1. The van der Waals surface area contributed by atoms with Crippen molar-refractivity contribution in [2.24, 2.45) is 0 Å². The second kappa shape index (κ2) is 6.63. The number of hydrogen-bond donors (Lipinski definition) is 1. The molecule has 0 aliphatic heterocycles. The van der Waals surface area contributed by atoms with Crippen LogP contribution in [0.15, 0.2) is 36.4 Å². The summed E-state index contributed by atoms with van der Waals surface area (Å²) in [4.78, 5) is 12.0. The number of carboxylic acids is 1. The minimum absolute atomic E-state index is 0.0541. The highest BCUT2D eigenvalue weighted by molar-refractivity contribution is 7.16. The molecule has 0 saturated carbocycles. The Bertz CT molecular complexity index is 579. The Kier molecular flexibility index (Phi) is 4.87. The van der Waals surface area contributed by atoms with Crippen molar-refractivity contribution >= 4 is 28.9 Å². The van der Waals surface area contributed by atoms with Gasteiger partial charge in [-0.15, -0.1) is 11.3 Å². The van der Waals surface area contributed by atoms with Gasteiger partial charge in [0.15, 0.2) is 0 Å². The highest BCUT2D eigenvalue weighted by atomic mass is 35.5. The molecule has 1 N–H and O–H groups in total. The van der Waals surface area contributed by atoms with Crippen LogP contribution < -0.4 is 9.47 Å². The quantitative estimate of drug-likeness (QED) is 0.884. The highest BCUT2D eigenvalue weighted by Crippen LogP contribution is 2.29. The van der Waals surface area contributed by atoms with Crippen molar-refractivity contribution in [3.05, 3.63) is 45.6 Å². The van der Waals surface area contributed by atoms with Crippen LogP contribution in [0, 0.1) is 0 Å². The lowest BCUT2D eigenvalue weighted by atomic mass is 10.1. The van der Waals surface area contributed by atoms with Crippen LogP contribution >= 0.6 is 22.9 Å². The zero-order valence-electron chi connectivity index (χ0n) is 10.7. The molecule has 1 aromatic heterocycles. The van der Waals surface area contributed by atoms with Crippen LogP contribution in [0.5, 0.6) is 11.5 Å². The van der Waals surface area contributed by atoms with Crippen LogP contribution in [0.4, 0.5) is 0 Å². The summed E-state index contributed by atoms with van der Waals surface area (Å²) in [6.07, 6.45) is 0. The Morgan fingerprint density at radius 3 is 2.40 bits per heavy atom. The molecule has 4 nitrogen and oxygen atoms in total. The second-order valence-electron chi connectivity index (χ2n) is 4.02. The molecule has 20 heavy (non-hydrogen) atoms. The molecule has 1 heterocycles. The number of benzene rings is 1. The average molecular weight is 313 g/mol. The first-order valence-electron chi connectivity index (χ1n) is 5.85. The van der Waals surface area contributed by atoms with Crippen LogP contribution in [0.1, 0.15) is 10.8 Å². The van der Waals surface area contributed by atoms with E-state index in [0.29, 0.717) is 15.0 Å². The maximum atomic E-state index is 11.3. The summed E-state index contributed by atoms with van der Waals surface area (Å²) in [5.74, 6) is -0.344. The molecule has 1 unspecified atom stereocenters. The van der Waals surface area contributed by atoms with Crippen molar-refractivity contribution in [3.63, 3.8) is 0 Å². The maximum Gasteiger partial charge on any atom is 0.315 e.